The molecule has 5 nitrogen and oxygen atoms in total. The van der Waals surface area contributed by atoms with E-state index in [1.165, 1.54) is 22.1 Å². The van der Waals surface area contributed by atoms with Gasteiger partial charge >= 0.3 is 0 Å². The highest BCUT2D eigenvalue weighted by Crippen LogP contribution is 2.25. The van der Waals surface area contributed by atoms with Crippen molar-refractivity contribution in [3.63, 3.8) is 0 Å². The lowest BCUT2D eigenvalue weighted by atomic mass is 9.99. The fourth-order valence-electron chi connectivity index (χ4n) is 3.35. The molecule has 0 bridgehead atoms. The highest BCUT2D eigenvalue weighted by atomic mass is 35.5. The highest BCUT2D eigenvalue weighted by Gasteiger charge is 2.33. The number of thioether (sulfide) groups is 1. The molecule has 2 aromatic rings. The van der Waals surface area contributed by atoms with Gasteiger partial charge in [-0.25, -0.2) is 12.8 Å². The third-order valence-electron chi connectivity index (χ3n) is 4.99. The van der Waals surface area contributed by atoms with Crippen molar-refractivity contribution in [3.05, 3.63) is 64.9 Å². The number of halogens is 2. The van der Waals surface area contributed by atoms with E-state index in [1.807, 2.05) is 0 Å². The highest BCUT2D eigenvalue weighted by molar-refractivity contribution is 7.98. The lowest BCUT2D eigenvalue weighted by Gasteiger charge is -2.31. The largest absolute Gasteiger partial charge is 0.355 e. The van der Waals surface area contributed by atoms with Crippen molar-refractivity contribution in [2.45, 2.75) is 23.5 Å². The molecule has 1 atom stereocenters. The van der Waals surface area contributed by atoms with Gasteiger partial charge in [-0.3, -0.25) is 4.79 Å². The van der Waals surface area contributed by atoms with Crippen molar-refractivity contribution in [2.24, 2.45) is 5.92 Å². The van der Waals surface area contributed by atoms with Crippen LogP contribution in [-0.4, -0.2) is 44.0 Å². The Morgan fingerprint density at radius 2 is 1.97 bits per heavy atom. The average molecular weight is 471 g/mol. The Labute approximate surface area is 186 Å². The SMILES string of the molecule is O=C(NCCSCc1c(F)cccc1Cl)[C@H]1CCCN(S(=O)(=O)c2ccccc2)C1. The normalized spacial score (nSPS) is 17.6. The van der Waals surface area contributed by atoms with Crippen LogP contribution in [0.1, 0.15) is 18.4 Å². The number of rotatable bonds is 8. The van der Waals surface area contributed by atoms with E-state index in [0.717, 1.165) is 0 Å². The quantitative estimate of drug-likeness (QED) is 0.593. The molecule has 0 aromatic heterocycles. The topological polar surface area (TPSA) is 66.5 Å². The molecular formula is C21H24ClFN2O3S2. The number of sulfonamides is 1. The number of hydrogen-bond acceptors (Lipinski definition) is 4. The summed E-state index contributed by atoms with van der Waals surface area (Å²) in [5.41, 5.74) is 0.463. The number of nitrogens with zero attached hydrogens (tertiary/aromatic N) is 1. The first-order valence-corrected chi connectivity index (χ1v) is 12.7. The van der Waals surface area contributed by atoms with Gasteiger partial charge < -0.3 is 5.32 Å². The molecular weight excluding hydrogens is 447 g/mol. The van der Waals surface area contributed by atoms with Crippen molar-refractivity contribution >= 4 is 39.3 Å². The lowest BCUT2D eigenvalue weighted by Crippen LogP contribution is -2.45. The summed E-state index contributed by atoms with van der Waals surface area (Å²) in [5.74, 6) is 0.181. The molecule has 1 amide bonds. The smallest absolute Gasteiger partial charge is 0.243 e. The maximum atomic E-state index is 13.8. The predicted molar refractivity (Wildman–Crippen MR) is 119 cm³/mol. The number of benzene rings is 2. The van der Waals surface area contributed by atoms with E-state index in [0.29, 0.717) is 48.0 Å². The zero-order chi connectivity index (χ0) is 21.6. The Bertz CT molecular complexity index is 953. The molecule has 1 aliphatic rings. The van der Waals surface area contributed by atoms with E-state index in [9.17, 15) is 17.6 Å². The van der Waals surface area contributed by atoms with Gasteiger partial charge in [-0.1, -0.05) is 35.9 Å². The van der Waals surface area contributed by atoms with Crippen molar-refractivity contribution in [1.29, 1.82) is 0 Å². The molecule has 0 unspecified atom stereocenters. The first-order chi connectivity index (χ1) is 14.4. The first kappa shape index (κ1) is 23.1. The molecule has 30 heavy (non-hydrogen) atoms. The van der Waals surface area contributed by atoms with E-state index in [1.54, 1.807) is 42.5 Å². The van der Waals surface area contributed by atoms with Gasteiger partial charge in [-0.2, -0.15) is 16.1 Å². The van der Waals surface area contributed by atoms with Gasteiger partial charge in [0.25, 0.3) is 0 Å². The molecule has 1 fully saturated rings. The van der Waals surface area contributed by atoms with Crippen LogP contribution in [0.25, 0.3) is 0 Å². The molecule has 1 aliphatic heterocycles. The Kier molecular flexibility index (Phi) is 8.16. The number of carbonyl (C=O) groups is 1. The Morgan fingerprint density at radius 1 is 1.20 bits per heavy atom. The second-order valence-electron chi connectivity index (χ2n) is 7.06. The third kappa shape index (κ3) is 5.75. The van der Waals surface area contributed by atoms with Crippen molar-refractivity contribution in [2.75, 3.05) is 25.4 Å². The molecule has 9 heteroatoms. The third-order valence-corrected chi connectivity index (χ3v) is 8.21. The summed E-state index contributed by atoms with van der Waals surface area (Å²) >= 11 is 7.49. The van der Waals surface area contributed by atoms with Gasteiger partial charge in [0.05, 0.1) is 10.8 Å². The summed E-state index contributed by atoms with van der Waals surface area (Å²) in [5, 5.41) is 3.27. The van der Waals surface area contributed by atoms with Crippen molar-refractivity contribution in [3.8, 4) is 0 Å². The zero-order valence-corrected chi connectivity index (χ0v) is 18.8. The molecule has 0 saturated carbocycles. The van der Waals surface area contributed by atoms with Crippen LogP contribution in [0.3, 0.4) is 0 Å². The fraction of sp³-hybridized carbons (Fsp3) is 0.381. The average Bonchev–Trinajstić information content (AvgIpc) is 2.76. The molecule has 1 heterocycles. The van der Waals surface area contributed by atoms with Gasteiger partial charge in [-0.05, 0) is 37.1 Å². The molecule has 3 rings (SSSR count). The zero-order valence-electron chi connectivity index (χ0n) is 16.4. The maximum absolute atomic E-state index is 13.8. The summed E-state index contributed by atoms with van der Waals surface area (Å²) in [4.78, 5) is 12.8. The van der Waals surface area contributed by atoms with Crippen LogP contribution in [0.5, 0.6) is 0 Å². The van der Waals surface area contributed by atoms with Crippen LogP contribution >= 0.6 is 23.4 Å². The summed E-state index contributed by atoms with van der Waals surface area (Å²) in [6.07, 6.45) is 1.30. The van der Waals surface area contributed by atoms with Gasteiger partial charge in [0.2, 0.25) is 15.9 Å². The summed E-state index contributed by atoms with van der Waals surface area (Å²) in [6.45, 7) is 1.03. The van der Waals surface area contributed by atoms with Crippen LogP contribution < -0.4 is 5.32 Å². The maximum Gasteiger partial charge on any atom is 0.243 e. The monoisotopic (exact) mass is 470 g/mol. The Hall–Kier alpha value is -1.61. The minimum absolute atomic E-state index is 0.146. The van der Waals surface area contributed by atoms with E-state index >= 15 is 0 Å². The second kappa shape index (κ2) is 10.6. The summed E-state index contributed by atoms with van der Waals surface area (Å²) in [6, 6.07) is 12.9. The van der Waals surface area contributed by atoms with E-state index in [4.69, 9.17) is 11.6 Å². The summed E-state index contributed by atoms with van der Waals surface area (Å²) < 4.78 is 40.7. The van der Waals surface area contributed by atoms with Gasteiger partial charge in [0.15, 0.2) is 0 Å². The minimum Gasteiger partial charge on any atom is -0.355 e. The predicted octanol–water partition coefficient (Wildman–Crippen LogP) is 3.93. The van der Waals surface area contributed by atoms with Crippen LogP contribution in [-0.2, 0) is 20.6 Å². The molecule has 162 valence electrons. The van der Waals surface area contributed by atoms with E-state index in [2.05, 4.69) is 5.32 Å². The van der Waals surface area contributed by atoms with Gasteiger partial charge in [0, 0.05) is 41.7 Å². The molecule has 0 radical (unpaired) electrons. The number of amides is 1. The minimum atomic E-state index is -3.60. The first-order valence-electron chi connectivity index (χ1n) is 9.73. The number of piperidine rings is 1. The Balaban J connectivity index is 1.46. The van der Waals surface area contributed by atoms with Crippen LogP contribution in [0.4, 0.5) is 4.39 Å². The Morgan fingerprint density at radius 3 is 2.70 bits per heavy atom. The van der Waals surface area contributed by atoms with Gasteiger partial charge in [0.1, 0.15) is 5.82 Å². The molecule has 0 aliphatic carbocycles. The number of hydrogen-bond donors (Lipinski definition) is 1. The van der Waals surface area contributed by atoms with Crippen molar-refractivity contribution in [1.82, 2.24) is 9.62 Å². The lowest BCUT2D eigenvalue weighted by molar-refractivity contribution is -0.125. The number of nitrogens with one attached hydrogen (secondary N) is 1. The standard InChI is InChI=1S/C21H24ClFN2O3S2/c22-19-9-4-10-20(23)18(19)15-29-13-11-24-21(26)16-6-5-12-25(14-16)30(27,28)17-7-2-1-3-8-17/h1-4,7-10,16H,5-6,11-15H2,(H,24,26)/t16-/m0/s1. The summed E-state index contributed by atoms with van der Waals surface area (Å²) in [7, 11) is -3.60. The van der Waals surface area contributed by atoms with E-state index < -0.39 is 10.0 Å². The van der Waals surface area contributed by atoms with Gasteiger partial charge in [-0.15, -0.1) is 0 Å². The van der Waals surface area contributed by atoms with Crippen molar-refractivity contribution < 1.29 is 17.6 Å². The molecule has 0 spiro atoms. The number of carbonyl (C=O) groups excluding carboxylic acids is 1. The fourth-order valence-corrected chi connectivity index (χ4v) is 6.09. The van der Waals surface area contributed by atoms with E-state index in [-0.39, 0.29) is 29.1 Å². The molecule has 2 aromatic carbocycles. The second-order valence-corrected chi connectivity index (χ2v) is 10.5. The van der Waals surface area contributed by atoms with Crippen LogP contribution in [0.2, 0.25) is 5.02 Å². The molecule has 1 N–H and O–H groups in total. The van der Waals surface area contributed by atoms with Crippen LogP contribution in [0, 0.1) is 11.7 Å². The van der Waals surface area contributed by atoms with Crippen LogP contribution in [0.15, 0.2) is 53.4 Å². The molecule has 1 saturated heterocycles.